The highest BCUT2D eigenvalue weighted by atomic mass is 35.5. The van der Waals surface area contributed by atoms with Gasteiger partial charge in [-0.25, -0.2) is 4.39 Å². The van der Waals surface area contributed by atoms with Gasteiger partial charge in [0, 0.05) is 17.5 Å². The first-order valence-corrected chi connectivity index (χ1v) is 13.3. The molecule has 2 aromatic heterocycles. The Morgan fingerprint density at radius 1 is 1.37 bits per heavy atom. The Kier molecular flexibility index (Phi) is 8.44. The van der Waals surface area contributed by atoms with Gasteiger partial charge in [0.05, 0.1) is 16.3 Å². The summed E-state index contributed by atoms with van der Waals surface area (Å²) in [6.07, 6.45) is 6.89. The summed E-state index contributed by atoms with van der Waals surface area (Å²) < 4.78 is 20.8. The number of rotatable bonds is 9. The number of carbonyl (C=O) groups is 1. The molecule has 0 unspecified atom stereocenters. The Hall–Kier alpha value is -2.87. The molecule has 1 aliphatic rings. The molecular weight excluding hydrogens is 509 g/mol. The quantitative estimate of drug-likeness (QED) is 0.214. The second-order valence-electron chi connectivity index (χ2n) is 7.88. The Bertz CT molecular complexity index is 1280. The lowest BCUT2D eigenvalue weighted by atomic mass is 10.1. The second kappa shape index (κ2) is 11.7. The van der Waals surface area contributed by atoms with Gasteiger partial charge in [-0.05, 0) is 43.4 Å². The molecular formula is C24H23ClFN5O2S2. The summed E-state index contributed by atoms with van der Waals surface area (Å²) in [4.78, 5) is 13.9. The summed E-state index contributed by atoms with van der Waals surface area (Å²) in [7, 11) is 0. The molecule has 0 bridgehead atoms. The molecule has 1 aromatic carbocycles. The first-order chi connectivity index (χ1) is 17.0. The average molecular weight is 532 g/mol. The van der Waals surface area contributed by atoms with Gasteiger partial charge in [-0.1, -0.05) is 35.9 Å². The maximum absolute atomic E-state index is 13.4. The number of thiophene rings is 1. The highest BCUT2D eigenvalue weighted by molar-refractivity contribution is 7.99. The molecule has 35 heavy (non-hydrogen) atoms. The van der Waals surface area contributed by atoms with Gasteiger partial charge in [0.1, 0.15) is 29.2 Å². The van der Waals surface area contributed by atoms with E-state index in [1.54, 1.807) is 10.6 Å². The molecule has 182 valence electrons. The summed E-state index contributed by atoms with van der Waals surface area (Å²) >= 11 is 8.56. The smallest absolute Gasteiger partial charge is 0.235 e. The van der Waals surface area contributed by atoms with Crippen molar-refractivity contribution in [3.8, 4) is 11.8 Å². The van der Waals surface area contributed by atoms with E-state index in [4.69, 9.17) is 16.3 Å². The normalized spacial score (nSPS) is 12.9. The molecule has 3 aromatic rings. The number of ether oxygens (including phenoxy) is 1. The Morgan fingerprint density at radius 3 is 2.97 bits per heavy atom. The van der Waals surface area contributed by atoms with Crippen molar-refractivity contribution in [2.75, 3.05) is 11.1 Å². The van der Waals surface area contributed by atoms with E-state index in [0.29, 0.717) is 33.8 Å². The number of hydrogen-bond donors (Lipinski definition) is 1. The summed E-state index contributed by atoms with van der Waals surface area (Å²) in [6, 6.07) is 6.39. The lowest BCUT2D eigenvalue weighted by Crippen LogP contribution is -2.15. The molecule has 2 heterocycles. The van der Waals surface area contributed by atoms with Crippen LogP contribution in [0.2, 0.25) is 5.02 Å². The van der Waals surface area contributed by atoms with Gasteiger partial charge in [-0.2, -0.15) is 5.26 Å². The van der Waals surface area contributed by atoms with E-state index < -0.39 is 5.82 Å². The van der Waals surface area contributed by atoms with Gasteiger partial charge in [-0.3, -0.25) is 9.36 Å². The third kappa shape index (κ3) is 6.04. The number of benzene rings is 1. The minimum atomic E-state index is -0.522. The van der Waals surface area contributed by atoms with E-state index in [1.807, 2.05) is 0 Å². The number of anilines is 1. The predicted octanol–water partition coefficient (Wildman–Crippen LogP) is 5.77. The molecule has 0 spiro atoms. The van der Waals surface area contributed by atoms with Crippen molar-refractivity contribution in [2.45, 2.75) is 50.4 Å². The number of thioether (sulfide) groups is 1. The van der Waals surface area contributed by atoms with Crippen molar-refractivity contribution in [3.63, 3.8) is 0 Å². The van der Waals surface area contributed by atoms with Crippen LogP contribution in [0.4, 0.5) is 9.39 Å². The number of nitrogens with zero attached hydrogens (tertiary/aromatic N) is 4. The fourth-order valence-electron chi connectivity index (χ4n) is 3.80. The third-order valence-electron chi connectivity index (χ3n) is 5.48. The molecule has 0 fully saturated rings. The molecule has 7 nitrogen and oxygen atoms in total. The topological polar surface area (TPSA) is 92.8 Å². The lowest BCUT2D eigenvalue weighted by Gasteiger charge is -2.09. The number of aryl methyl sites for hydroxylation is 1. The van der Waals surface area contributed by atoms with E-state index in [0.717, 1.165) is 31.2 Å². The molecule has 4 rings (SSSR count). The first-order valence-electron chi connectivity index (χ1n) is 11.1. The fourth-order valence-corrected chi connectivity index (χ4v) is 5.99. The Balaban J connectivity index is 1.40. The van der Waals surface area contributed by atoms with Gasteiger partial charge in [-0.15, -0.1) is 28.1 Å². The van der Waals surface area contributed by atoms with Crippen LogP contribution in [-0.4, -0.2) is 26.4 Å². The van der Waals surface area contributed by atoms with Crippen molar-refractivity contribution < 1.29 is 13.9 Å². The lowest BCUT2D eigenvalue weighted by molar-refractivity contribution is -0.113. The van der Waals surface area contributed by atoms with Crippen LogP contribution in [0.3, 0.4) is 0 Å². The zero-order valence-electron chi connectivity index (χ0n) is 18.9. The molecule has 0 aliphatic heterocycles. The molecule has 1 amide bonds. The number of hydrogen-bond acceptors (Lipinski definition) is 7. The summed E-state index contributed by atoms with van der Waals surface area (Å²) in [6.45, 7) is 4.28. The number of nitrogens with one attached hydrogen (secondary N) is 1. The van der Waals surface area contributed by atoms with Crippen molar-refractivity contribution >= 4 is 45.6 Å². The average Bonchev–Trinajstić information content (AvgIpc) is 3.29. The van der Waals surface area contributed by atoms with Gasteiger partial charge in [0.25, 0.3) is 0 Å². The minimum absolute atomic E-state index is 0.0287. The van der Waals surface area contributed by atoms with E-state index in [-0.39, 0.29) is 23.3 Å². The van der Waals surface area contributed by atoms with Gasteiger partial charge in [0.15, 0.2) is 11.0 Å². The summed E-state index contributed by atoms with van der Waals surface area (Å²) in [5.74, 6) is 0.306. The van der Waals surface area contributed by atoms with Crippen molar-refractivity contribution in [3.05, 3.63) is 63.5 Å². The third-order valence-corrected chi connectivity index (χ3v) is 7.95. The van der Waals surface area contributed by atoms with Crippen LogP contribution in [-0.2, 0) is 30.8 Å². The largest absolute Gasteiger partial charge is 0.486 e. The maximum Gasteiger partial charge on any atom is 0.235 e. The van der Waals surface area contributed by atoms with Crippen LogP contribution in [0, 0.1) is 17.1 Å². The summed E-state index contributed by atoms with van der Waals surface area (Å²) in [5.41, 5.74) is 1.69. The molecule has 11 heteroatoms. The van der Waals surface area contributed by atoms with Crippen LogP contribution in [0.5, 0.6) is 5.75 Å². The number of fused-ring (bicyclic) bond motifs is 1. The van der Waals surface area contributed by atoms with Crippen LogP contribution >= 0.6 is 34.7 Å². The van der Waals surface area contributed by atoms with Crippen LogP contribution < -0.4 is 10.1 Å². The Morgan fingerprint density at radius 2 is 2.20 bits per heavy atom. The second-order valence-corrected chi connectivity index (χ2v) is 10.3. The number of allylic oxidation sites excluding steroid dienone is 1. The van der Waals surface area contributed by atoms with Crippen LogP contribution in [0.25, 0.3) is 0 Å². The number of carbonyl (C=O) groups excluding carboxylic acids is 1. The fraction of sp³-hybridized carbons (Fsp3) is 0.333. The molecule has 0 atom stereocenters. The monoisotopic (exact) mass is 531 g/mol. The molecule has 0 saturated heterocycles. The van der Waals surface area contributed by atoms with E-state index in [9.17, 15) is 14.4 Å². The van der Waals surface area contributed by atoms with Gasteiger partial charge >= 0.3 is 0 Å². The van der Waals surface area contributed by atoms with Crippen LogP contribution in [0.15, 0.2) is 36.0 Å². The highest BCUT2D eigenvalue weighted by Crippen LogP contribution is 2.37. The number of halogens is 2. The zero-order valence-corrected chi connectivity index (χ0v) is 21.2. The molecule has 0 radical (unpaired) electrons. The van der Waals surface area contributed by atoms with Crippen molar-refractivity contribution in [2.24, 2.45) is 0 Å². The van der Waals surface area contributed by atoms with E-state index >= 15 is 0 Å². The van der Waals surface area contributed by atoms with Crippen LogP contribution in [0.1, 0.15) is 41.1 Å². The number of amides is 1. The molecule has 1 N–H and O–H groups in total. The number of nitriles is 1. The Labute approximate surface area is 216 Å². The molecule has 0 saturated carbocycles. The zero-order chi connectivity index (χ0) is 24.8. The SMILES string of the molecule is C=CCn1c(COc2ccc(F)c(Cl)c2)nnc1SCC(=O)Nc1sc2c(c1C#N)CCCCC2. The van der Waals surface area contributed by atoms with Gasteiger partial charge in [0.2, 0.25) is 5.91 Å². The number of aromatic nitrogens is 3. The van der Waals surface area contributed by atoms with E-state index in [1.165, 1.54) is 52.6 Å². The van der Waals surface area contributed by atoms with Crippen molar-refractivity contribution in [1.82, 2.24) is 14.8 Å². The maximum atomic E-state index is 13.4. The highest BCUT2D eigenvalue weighted by Gasteiger charge is 2.21. The first kappa shape index (κ1) is 25.2. The standard InChI is InChI=1S/C24H23ClFN5O2S2/c1-2-10-31-21(13-33-15-8-9-19(26)18(25)11-15)29-30-24(31)34-14-22(32)28-23-17(12-27)16-6-4-3-5-7-20(16)35-23/h2,8-9,11H,1,3-7,10,13-14H2,(H,28,32). The van der Waals surface area contributed by atoms with Crippen molar-refractivity contribution in [1.29, 1.82) is 5.26 Å². The minimum Gasteiger partial charge on any atom is -0.486 e. The summed E-state index contributed by atoms with van der Waals surface area (Å²) in [5, 5.41) is 22.1. The predicted molar refractivity (Wildman–Crippen MR) is 136 cm³/mol. The van der Waals surface area contributed by atoms with E-state index in [2.05, 4.69) is 28.2 Å². The molecule has 1 aliphatic carbocycles. The van der Waals surface area contributed by atoms with Gasteiger partial charge < -0.3 is 10.1 Å².